The maximum absolute atomic E-state index is 11.9. The topological polar surface area (TPSA) is 98.0 Å². The molecule has 0 unspecified atom stereocenters. The number of aromatic nitrogens is 4. The predicted molar refractivity (Wildman–Crippen MR) is 64.1 cm³/mol. The molecule has 2 heterocycles. The van der Waals surface area contributed by atoms with E-state index in [1.807, 2.05) is 0 Å². The van der Waals surface area contributed by atoms with Crippen molar-refractivity contribution in [2.75, 3.05) is 0 Å². The Morgan fingerprint density at radius 3 is 2.78 bits per heavy atom. The minimum Gasteiger partial charge on any atom is -0.481 e. The van der Waals surface area contributed by atoms with E-state index in [2.05, 4.69) is 14.6 Å². The van der Waals surface area contributed by atoms with Gasteiger partial charge in [0.15, 0.2) is 0 Å². The molecular weight excluding hydrogens is 256 g/mol. The van der Waals surface area contributed by atoms with E-state index in [0.29, 0.717) is 22.0 Å². The fourth-order valence-corrected chi connectivity index (χ4v) is 2.30. The lowest BCUT2D eigenvalue weighted by Crippen LogP contribution is -2.26. The molecule has 0 saturated carbocycles. The van der Waals surface area contributed by atoms with Gasteiger partial charge in [0.2, 0.25) is 0 Å². The Kier molecular flexibility index (Phi) is 3.19. The SMILES string of the molecule is Cc1nc(=O)n(-c2cnns2)c(C)c1CC(=O)O. The summed E-state index contributed by atoms with van der Waals surface area (Å²) in [6.07, 6.45) is 1.28. The molecule has 1 N–H and O–H groups in total. The van der Waals surface area contributed by atoms with Gasteiger partial charge in [0.25, 0.3) is 0 Å². The third-order valence-electron chi connectivity index (χ3n) is 2.56. The average molecular weight is 266 g/mol. The molecule has 2 aromatic rings. The summed E-state index contributed by atoms with van der Waals surface area (Å²) < 4.78 is 5.01. The Balaban J connectivity index is 2.68. The summed E-state index contributed by atoms with van der Waals surface area (Å²) in [6, 6.07) is 0. The lowest BCUT2D eigenvalue weighted by atomic mass is 10.1. The van der Waals surface area contributed by atoms with Gasteiger partial charge in [0.05, 0.1) is 12.6 Å². The van der Waals surface area contributed by atoms with Gasteiger partial charge in [0.1, 0.15) is 5.00 Å². The van der Waals surface area contributed by atoms with E-state index in [-0.39, 0.29) is 6.42 Å². The van der Waals surface area contributed by atoms with Gasteiger partial charge in [-0.1, -0.05) is 4.49 Å². The molecule has 0 aliphatic carbocycles. The maximum atomic E-state index is 11.9. The van der Waals surface area contributed by atoms with Crippen LogP contribution in [-0.4, -0.2) is 30.2 Å². The molecule has 94 valence electrons. The van der Waals surface area contributed by atoms with Crippen molar-refractivity contribution in [2.24, 2.45) is 0 Å². The smallest absolute Gasteiger partial charge is 0.353 e. The van der Waals surface area contributed by atoms with E-state index in [4.69, 9.17) is 5.11 Å². The van der Waals surface area contributed by atoms with Crippen molar-refractivity contribution in [3.05, 3.63) is 33.6 Å². The highest BCUT2D eigenvalue weighted by Crippen LogP contribution is 2.16. The summed E-state index contributed by atoms with van der Waals surface area (Å²) >= 11 is 1.05. The third kappa shape index (κ3) is 2.14. The van der Waals surface area contributed by atoms with Crippen molar-refractivity contribution in [3.63, 3.8) is 0 Å². The summed E-state index contributed by atoms with van der Waals surface area (Å²) in [7, 11) is 0. The minimum atomic E-state index is -0.962. The van der Waals surface area contributed by atoms with Crippen molar-refractivity contribution in [3.8, 4) is 5.00 Å². The zero-order valence-corrected chi connectivity index (χ0v) is 10.6. The molecule has 8 heteroatoms. The molecule has 18 heavy (non-hydrogen) atoms. The van der Waals surface area contributed by atoms with E-state index in [1.54, 1.807) is 13.8 Å². The van der Waals surface area contributed by atoms with Crippen LogP contribution in [0.5, 0.6) is 0 Å². The highest BCUT2D eigenvalue weighted by Gasteiger charge is 2.16. The molecule has 0 amide bonds. The van der Waals surface area contributed by atoms with Crippen molar-refractivity contribution in [1.29, 1.82) is 0 Å². The van der Waals surface area contributed by atoms with Crippen LogP contribution in [0.15, 0.2) is 11.0 Å². The van der Waals surface area contributed by atoms with Crippen molar-refractivity contribution < 1.29 is 9.90 Å². The highest BCUT2D eigenvalue weighted by atomic mass is 32.1. The average Bonchev–Trinajstić information content (AvgIpc) is 2.77. The number of nitrogens with zero attached hydrogens (tertiary/aromatic N) is 4. The zero-order chi connectivity index (χ0) is 13.3. The monoisotopic (exact) mass is 266 g/mol. The molecule has 7 nitrogen and oxygen atoms in total. The van der Waals surface area contributed by atoms with Crippen LogP contribution in [0, 0.1) is 13.8 Å². The van der Waals surface area contributed by atoms with Gasteiger partial charge in [-0.3, -0.25) is 9.36 Å². The maximum Gasteiger partial charge on any atom is 0.353 e. The number of hydrogen-bond acceptors (Lipinski definition) is 6. The molecule has 0 radical (unpaired) electrons. The van der Waals surface area contributed by atoms with Crippen LogP contribution in [0.3, 0.4) is 0 Å². The molecule has 0 fully saturated rings. The summed E-state index contributed by atoms with van der Waals surface area (Å²) in [5.41, 5.74) is 1.08. The van der Waals surface area contributed by atoms with Crippen molar-refractivity contribution in [1.82, 2.24) is 19.1 Å². The Morgan fingerprint density at radius 2 is 2.22 bits per heavy atom. The quantitative estimate of drug-likeness (QED) is 0.859. The Bertz CT molecular complexity index is 648. The first-order chi connectivity index (χ1) is 8.50. The molecule has 0 atom stereocenters. The van der Waals surface area contributed by atoms with E-state index >= 15 is 0 Å². The molecule has 0 saturated heterocycles. The number of carboxylic acid groups (broad SMARTS) is 1. The van der Waals surface area contributed by atoms with Gasteiger partial charge in [-0.15, -0.1) is 5.10 Å². The molecule has 0 bridgehead atoms. The predicted octanol–water partition coefficient (Wildman–Crippen LogP) is 0.328. The fourth-order valence-electron chi connectivity index (χ4n) is 1.73. The summed E-state index contributed by atoms with van der Waals surface area (Å²) in [5, 5.41) is 13.1. The molecular formula is C10H10N4O3S. The van der Waals surface area contributed by atoms with Gasteiger partial charge in [-0.2, -0.15) is 4.98 Å². The van der Waals surface area contributed by atoms with Crippen molar-refractivity contribution in [2.45, 2.75) is 20.3 Å². The Morgan fingerprint density at radius 1 is 1.50 bits per heavy atom. The number of aryl methyl sites for hydroxylation is 1. The van der Waals surface area contributed by atoms with Crippen LogP contribution in [-0.2, 0) is 11.2 Å². The van der Waals surface area contributed by atoms with E-state index in [9.17, 15) is 9.59 Å². The van der Waals surface area contributed by atoms with Gasteiger partial charge >= 0.3 is 11.7 Å². The first-order valence-electron chi connectivity index (χ1n) is 5.09. The van der Waals surface area contributed by atoms with Crippen LogP contribution in [0.4, 0.5) is 0 Å². The normalized spacial score (nSPS) is 10.6. The van der Waals surface area contributed by atoms with Gasteiger partial charge < -0.3 is 5.11 Å². The molecule has 0 aliphatic heterocycles. The second kappa shape index (κ2) is 4.65. The highest BCUT2D eigenvalue weighted by molar-refractivity contribution is 7.08. The first-order valence-corrected chi connectivity index (χ1v) is 5.86. The van der Waals surface area contributed by atoms with Gasteiger partial charge in [-0.05, 0) is 13.8 Å². The number of carbonyl (C=O) groups is 1. The molecule has 0 spiro atoms. The standard InChI is InChI=1S/C10H10N4O3S/c1-5-7(3-9(15)16)6(2)14(10(17)12-5)8-4-11-13-18-8/h4H,3H2,1-2H3,(H,15,16). The van der Waals surface area contributed by atoms with Crippen LogP contribution in [0.25, 0.3) is 5.00 Å². The number of rotatable bonds is 3. The molecule has 2 aromatic heterocycles. The Labute approximate surface area is 106 Å². The summed E-state index contributed by atoms with van der Waals surface area (Å²) in [4.78, 5) is 26.5. The van der Waals surface area contributed by atoms with Gasteiger partial charge in [0, 0.05) is 28.5 Å². The molecule has 2 rings (SSSR count). The largest absolute Gasteiger partial charge is 0.481 e. The lowest BCUT2D eigenvalue weighted by molar-refractivity contribution is -0.136. The Hall–Kier alpha value is -2.09. The number of aliphatic carboxylic acids is 1. The first kappa shape index (κ1) is 12.4. The third-order valence-corrected chi connectivity index (χ3v) is 3.21. The molecule has 0 aliphatic rings. The van der Waals surface area contributed by atoms with Crippen LogP contribution in [0.2, 0.25) is 0 Å². The lowest BCUT2D eigenvalue weighted by Gasteiger charge is -2.11. The van der Waals surface area contributed by atoms with E-state index in [0.717, 1.165) is 11.5 Å². The zero-order valence-electron chi connectivity index (χ0n) is 9.75. The van der Waals surface area contributed by atoms with Crippen LogP contribution in [0.1, 0.15) is 17.0 Å². The van der Waals surface area contributed by atoms with E-state index in [1.165, 1.54) is 10.8 Å². The fraction of sp³-hybridized carbons (Fsp3) is 0.300. The van der Waals surface area contributed by atoms with Crippen molar-refractivity contribution >= 4 is 17.5 Å². The molecule has 0 aromatic carbocycles. The van der Waals surface area contributed by atoms with Gasteiger partial charge in [-0.25, -0.2) is 4.79 Å². The second-order valence-corrected chi connectivity index (χ2v) is 4.47. The second-order valence-electron chi connectivity index (χ2n) is 3.71. The summed E-state index contributed by atoms with van der Waals surface area (Å²) in [5.74, 6) is -0.962. The van der Waals surface area contributed by atoms with Crippen LogP contribution >= 0.6 is 11.5 Å². The number of carboxylic acids is 1. The number of hydrogen-bond donors (Lipinski definition) is 1. The van der Waals surface area contributed by atoms with Crippen LogP contribution < -0.4 is 5.69 Å². The minimum absolute atomic E-state index is 0.169. The van der Waals surface area contributed by atoms with E-state index < -0.39 is 11.7 Å². The summed E-state index contributed by atoms with van der Waals surface area (Å²) in [6.45, 7) is 3.32.